The fraction of sp³-hybridized carbons (Fsp3) is 0.0833. The van der Waals surface area contributed by atoms with Crippen LogP contribution in [-0.4, -0.2) is 15.2 Å². The highest BCUT2D eigenvalue weighted by atomic mass is 15.2. The van der Waals surface area contributed by atoms with Crippen LogP contribution in [0, 0.1) is 0 Å². The van der Waals surface area contributed by atoms with Gasteiger partial charge in [-0.25, -0.2) is 0 Å². The van der Waals surface area contributed by atoms with E-state index in [2.05, 4.69) is 15.2 Å². The molecule has 86 valence electrons. The van der Waals surface area contributed by atoms with Crippen molar-refractivity contribution in [3.8, 4) is 0 Å². The van der Waals surface area contributed by atoms with Crippen molar-refractivity contribution in [2.45, 2.75) is 6.92 Å². The van der Waals surface area contributed by atoms with Gasteiger partial charge in [0.2, 0.25) is 5.95 Å². The van der Waals surface area contributed by atoms with Gasteiger partial charge in [0.05, 0.1) is 0 Å². The van der Waals surface area contributed by atoms with Gasteiger partial charge in [-0.2, -0.15) is 4.98 Å². The molecule has 0 aliphatic rings. The van der Waals surface area contributed by atoms with Crippen molar-refractivity contribution in [2.75, 3.05) is 11.5 Å². The van der Waals surface area contributed by atoms with Crippen LogP contribution in [0.1, 0.15) is 18.2 Å². The number of benzene rings is 1. The predicted molar refractivity (Wildman–Crippen MR) is 68.6 cm³/mol. The lowest BCUT2D eigenvalue weighted by molar-refractivity contribution is 0.974. The number of hydrogen-bond donors (Lipinski definition) is 2. The molecule has 5 heteroatoms. The van der Waals surface area contributed by atoms with E-state index < -0.39 is 0 Å². The van der Waals surface area contributed by atoms with E-state index in [1.807, 2.05) is 43.3 Å². The molecule has 0 bridgehead atoms. The molecule has 2 aromatic rings. The largest absolute Gasteiger partial charge is 0.382 e. The molecule has 0 radical (unpaired) electrons. The van der Waals surface area contributed by atoms with E-state index in [1.165, 1.54) is 0 Å². The van der Waals surface area contributed by atoms with Gasteiger partial charge in [0.15, 0.2) is 5.82 Å². The number of nitrogens with zero attached hydrogens (tertiary/aromatic N) is 3. The second-order valence-electron chi connectivity index (χ2n) is 3.64. The summed E-state index contributed by atoms with van der Waals surface area (Å²) in [5.74, 6) is 0.376. The lowest BCUT2D eigenvalue weighted by atomic mass is 10.1. The highest BCUT2D eigenvalue weighted by Gasteiger charge is 2.06. The summed E-state index contributed by atoms with van der Waals surface area (Å²) >= 11 is 0. The molecular formula is C12H13N5. The van der Waals surface area contributed by atoms with Gasteiger partial charge in [0.1, 0.15) is 5.69 Å². The minimum atomic E-state index is 0.0822. The van der Waals surface area contributed by atoms with Crippen LogP contribution in [0.15, 0.2) is 30.3 Å². The quantitative estimate of drug-likeness (QED) is 0.813. The van der Waals surface area contributed by atoms with E-state index in [9.17, 15) is 0 Å². The summed E-state index contributed by atoms with van der Waals surface area (Å²) in [6.07, 6.45) is 1.97. The second-order valence-corrected chi connectivity index (χ2v) is 3.64. The Hall–Kier alpha value is -2.43. The van der Waals surface area contributed by atoms with Crippen LogP contribution in [0.3, 0.4) is 0 Å². The SMILES string of the molecule is C/C(=C\c1ccccc1)c1nnc(N)nc1N. The Morgan fingerprint density at radius 3 is 2.47 bits per heavy atom. The molecule has 0 fully saturated rings. The molecule has 0 amide bonds. The van der Waals surface area contributed by atoms with E-state index in [0.29, 0.717) is 11.5 Å². The number of rotatable bonds is 2. The minimum absolute atomic E-state index is 0.0822. The highest BCUT2D eigenvalue weighted by Crippen LogP contribution is 2.19. The summed E-state index contributed by atoms with van der Waals surface area (Å²) in [6.45, 7) is 1.91. The van der Waals surface area contributed by atoms with Gasteiger partial charge in [0, 0.05) is 0 Å². The van der Waals surface area contributed by atoms with E-state index in [4.69, 9.17) is 11.5 Å². The summed E-state index contributed by atoms with van der Waals surface area (Å²) < 4.78 is 0. The third-order valence-electron chi connectivity index (χ3n) is 2.29. The van der Waals surface area contributed by atoms with Gasteiger partial charge in [-0.15, -0.1) is 10.2 Å². The molecule has 17 heavy (non-hydrogen) atoms. The summed E-state index contributed by atoms with van der Waals surface area (Å²) in [5, 5.41) is 7.64. The normalized spacial score (nSPS) is 11.5. The Balaban J connectivity index is 2.37. The van der Waals surface area contributed by atoms with Crippen molar-refractivity contribution in [1.29, 1.82) is 0 Å². The number of aromatic nitrogens is 3. The Labute approximate surface area is 99.2 Å². The average molecular weight is 227 g/mol. The zero-order valence-corrected chi connectivity index (χ0v) is 9.46. The van der Waals surface area contributed by atoms with Gasteiger partial charge in [-0.3, -0.25) is 0 Å². The van der Waals surface area contributed by atoms with Crippen molar-refractivity contribution >= 4 is 23.4 Å². The first-order valence-corrected chi connectivity index (χ1v) is 5.16. The van der Waals surface area contributed by atoms with E-state index in [1.54, 1.807) is 0 Å². The highest BCUT2D eigenvalue weighted by molar-refractivity contribution is 5.82. The molecule has 5 nitrogen and oxygen atoms in total. The van der Waals surface area contributed by atoms with Gasteiger partial charge >= 0.3 is 0 Å². The maximum Gasteiger partial charge on any atom is 0.242 e. The lowest BCUT2D eigenvalue weighted by Crippen LogP contribution is -2.05. The molecule has 0 atom stereocenters. The first-order chi connectivity index (χ1) is 8.16. The molecule has 0 aliphatic carbocycles. The molecule has 1 aromatic heterocycles. The maximum atomic E-state index is 5.74. The summed E-state index contributed by atoms with van der Waals surface area (Å²) in [5.41, 5.74) is 13.7. The number of allylic oxidation sites excluding steroid dienone is 1. The third kappa shape index (κ3) is 2.57. The summed E-state index contributed by atoms with van der Waals surface area (Å²) in [4.78, 5) is 3.88. The Morgan fingerprint density at radius 2 is 1.82 bits per heavy atom. The van der Waals surface area contributed by atoms with Crippen LogP contribution in [0.25, 0.3) is 11.6 Å². The zero-order valence-electron chi connectivity index (χ0n) is 9.46. The zero-order chi connectivity index (χ0) is 12.3. The molecule has 1 heterocycles. The van der Waals surface area contributed by atoms with E-state index in [0.717, 1.165) is 11.1 Å². The van der Waals surface area contributed by atoms with Gasteiger partial charge < -0.3 is 11.5 Å². The number of anilines is 2. The molecule has 0 aliphatic heterocycles. The number of nitrogen functional groups attached to an aromatic ring is 2. The van der Waals surface area contributed by atoms with Crippen molar-refractivity contribution < 1.29 is 0 Å². The smallest absolute Gasteiger partial charge is 0.242 e. The van der Waals surface area contributed by atoms with Crippen LogP contribution in [0.4, 0.5) is 11.8 Å². The standard InChI is InChI=1S/C12H13N5/c1-8(7-9-5-3-2-4-6-9)10-11(13)15-12(14)17-16-10/h2-7H,1H3,(H4,13,14,15,17)/b8-7+. The van der Waals surface area contributed by atoms with Crippen LogP contribution < -0.4 is 11.5 Å². The fourth-order valence-corrected chi connectivity index (χ4v) is 1.50. The molecule has 0 spiro atoms. The van der Waals surface area contributed by atoms with Crippen LogP contribution in [0.5, 0.6) is 0 Å². The average Bonchev–Trinajstić information content (AvgIpc) is 2.30. The molecule has 0 unspecified atom stereocenters. The molecule has 1 aromatic carbocycles. The Kier molecular flexibility index (Phi) is 3.00. The van der Waals surface area contributed by atoms with Gasteiger partial charge in [0.25, 0.3) is 0 Å². The number of hydrogen-bond acceptors (Lipinski definition) is 5. The Bertz CT molecular complexity index is 548. The van der Waals surface area contributed by atoms with Crippen molar-refractivity contribution in [1.82, 2.24) is 15.2 Å². The third-order valence-corrected chi connectivity index (χ3v) is 2.29. The summed E-state index contributed by atoms with van der Waals surface area (Å²) in [6, 6.07) is 9.89. The van der Waals surface area contributed by atoms with Gasteiger partial charge in [-0.1, -0.05) is 30.3 Å². The first-order valence-electron chi connectivity index (χ1n) is 5.16. The molecule has 2 rings (SSSR count). The first kappa shape index (κ1) is 11.1. The maximum absolute atomic E-state index is 5.74. The van der Waals surface area contributed by atoms with Crippen molar-refractivity contribution in [3.05, 3.63) is 41.6 Å². The summed E-state index contributed by atoms with van der Waals surface area (Å²) in [7, 11) is 0. The number of nitrogens with two attached hydrogens (primary N) is 2. The molecular weight excluding hydrogens is 214 g/mol. The van der Waals surface area contributed by atoms with Crippen LogP contribution in [0.2, 0.25) is 0 Å². The minimum Gasteiger partial charge on any atom is -0.382 e. The fourth-order valence-electron chi connectivity index (χ4n) is 1.50. The van der Waals surface area contributed by atoms with Crippen LogP contribution in [-0.2, 0) is 0 Å². The lowest BCUT2D eigenvalue weighted by Gasteiger charge is -2.03. The molecule has 0 saturated carbocycles. The monoisotopic (exact) mass is 227 g/mol. The topological polar surface area (TPSA) is 90.7 Å². The molecule has 4 N–H and O–H groups in total. The van der Waals surface area contributed by atoms with Crippen molar-refractivity contribution in [2.24, 2.45) is 0 Å². The van der Waals surface area contributed by atoms with E-state index in [-0.39, 0.29) is 5.95 Å². The predicted octanol–water partition coefficient (Wildman–Crippen LogP) is 1.60. The van der Waals surface area contributed by atoms with Gasteiger partial charge in [-0.05, 0) is 24.1 Å². The second kappa shape index (κ2) is 4.61. The van der Waals surface area contributed by atoms with Crippen molar-refractivity contribution in [3.63, 3.8) is 0 Å². The van der Waals surface area contributed by atoms with Crippen LogP contribution >= 0.6 is 0 Å². The molecule has 0 saturated heterocycles. The Morgan fingerprint density at radius 1 is 1.12 bits per heavy atom. The van der Waals surface area contributed by atoms with E-state index >= 15 is 0 Å².